The van der Waals surface area contributed by atoms with Crippen LogP contribution in [-0.2, 0) is 0 Å². The van der Waals surface area contributed by atoms with Crippen LogP contribution in [0.25, 0.3) is 12.3 Å². The van der Waals surface area contributed by atoms with Gasteiger partial charge in [0.05, 0.1) is 11.9 Å². The predicted molar refractivity (Wildman–Crippen MR) is 47.8 cm³/mol. The highest BCUT2D eigenvalue weighted by molar-refractivity contribution is 5.43. The van der Waals surface area contributed by atoms with Crippen molar-refractivity contribution in [1.29, 1.82) is 0 Å². The third-order valence-electron chi connectivity index (χ3n) is 0.985. The molecule has 60 valence electrons. The van der Waals surface area contributed by atoms with Gasteiger partial charge < -0.3 is 0 Å². The molecular formula is C8H13N3. The summed E-state index contributed by atoms with van der Waals surface area (Å²) in [6.07, 6.45) is 4.86. The molecule has 0 radical (unpaired) electrons. The molecule has 3 heteroatoms. The summed E-state index contributed by atoms with van der Waals surface area (Å²) in [7, 11) is 0. The lowest BCUT2D eigenvalue weighted by molar-refractivity contribution is 0.837. The fourth-order valence-corrected chi connectivity index (χ4v) is 0.540. The minimum atomic E-state index is 0.852. The molecule has 1 rings (SSSR count). The smallest absolute Gasteiger partial charge is 0.0858 e. The molecule has 0 aliphatic carbocycles. The monoisotopic (exact) mass is 151 g/mol. The van der Waals surface area contributed by atoms with Crippen molar-refractivity contribution in [2.45, 2.75) is 13.8 Å². The van der Waals surface area contributed by atoms with E-state index in [1.165, 1.54) is 0 Å². The fraction of sp³-hybridized carbons (Fsp3) is 0.250. The first kappa shape index (κ1) is 9.62. The number of hydrogen-bond acceptors (Lipinski definition) is 2. The molecule has 0 N–H and O–H groups in total. The van der Waals surface area contributed by atoms with Gasteiger partial charge in [0, 0.05) is 6.20 Å². The summed E-state index contributed by atoms with van der Waals surface area (Å²) in [5.74, 6) is 0. The van der Waals surface area contributed by atoms with Gasteiger partial charge >= 0.3 is 0 Å². The highest BCUT2D eigenvalue weighted by Crippen LogP contribution is 1.95. The molecule has 0 spiro atoms. The Morgan fingerprint density at radius 2 is 2.09 bits per heavy atom. The van der Waals surface area contributed by atoms with E-state index in [1.54, 1.807) is 23.2 Å². The zero-order chi connectivity index (χ0) is 8.69. The lowest BCUT2D eigenvalue weighted by Crippen LogP contribution is -1.89. The predicted octanol–water partition coefficient (Wildman–Crippen LogP) is 2.05. The molecule has 0 aromatic carbocycles. The maximum atomic E-state index is 3.68. The van der Waals surface area contributed by atoms with Crippen molar-refractivity contribution in [3.63, 3.8) is 0 Å². The molecule has 11 heavy (non-hydrogen) atoms. The van der Waals surface area contributed by atoms with Crippen molar-refractivity contribution in [2.24, 2.45) is 0 Å². The van der Waals surface area contributed by atoms with Gasteiger partial charge in [-0.25, -0.2) is 4.68 Å². The minimum Gasteiger partial charge on any atom is -0.221 e. The van der Waals surface area contributed by atoms with Crippen LogP contribution < -0.4 is 0 Å². The zero-order valence-corrected chi connectivity index (χ0v) is 6.99. The number of rotatable bonds is 2. The van der Waals surface area contributed by atoms with Gasteiger partial charge in [0.2, 0.25) is 0 Å². The average molecular weight is 151 g/mol. The second kappa shape index (κ2) is 5.41. The van der Waals surface area contributed by atoms with E-state index in [1.807, 2.05) is 13.8 Å². The highest BCUT2D eigenvalue weighted by Gasteiger charge is 1.91. The van der Waals surface area contributed by atoms with Gasteiger partial charge in [-0.2, -0.15) is 0 Å². The second-order valence-corrected chi connectivity index (χ2v) is 1.49. The summed E-state index contributed by atoms with van der Waals surface area (Å²) in [6, 6.07) is 0. The molecule has 0 unspecified atom stereocenters. The van der Waals surface area contributed by atoms with Crippen molar-refractivity contribution in [2.75, 3.05) is 0 Å². The van der Waals surface area contributed by atoms with Crippen LogP contribution in [-0.4, -0.2) is 15.0 Å². The van der Waals surface area contributed by atoms with E-state index in [4.69, 9.17) is 0 Å². The Morgan fingerprint density at radius 1 is 1.45 bits per heavy atom. The summed E-state index contributed by atoms with van der Waals surface area (Å²) in [5, 5.41) is 7.32. The highest BCUT2D eigenvalue weighted by atomic mass is 15.4. The van der Waals surface area contributed by atoms with Crippen molar-refractivity contribution < 1.29 is 0 Å². The van der Waals surface area contributed by atoms with Crippen LogP contribution in [0.3, 0.4) is 0 Å². The maximum absolute atomic E-state index is 3.68. The normalized spacial score (nSPS) is 7.82. The molecular weight excluding hydrogens is 138 g/mol. The minimum absolute atomic E-state index is 0.852. The van der Waals surface area contributed by atoms with Gasteiger partial charge in [0.15, 0.2) is 0 Å². The summed E-state index contributed by atoms with van der Waals surface area (Å²) in [6.45, 7) is 11.1. The standard InChI is InChI=1S/C6H7N3.C2H6/c1-3-6-5-7-8-9(6)4-2;1-2/h3-5H,1-2H2;1-2H3. The van der Waals surface area contributed by atoms with Crippen molar-refractivity contribution in [3.05, 3.63) is 25.0 Å². The van der Waals surface area contributed by atoms with Crippen LogP contribution in [0.2, 0.25) is 0 Å². The first-order chi connectivity index (χ1) is 5.38. The molecule has 0 atom stereocenters. The van der Waals surface area contributed by atoms with Crippen LogP contribution in [0, 0.1) is 0 Å². The Labute approximate surface area is 67.0 Å². The molecule has 1 aromatic heterocycles. The first-order valence-corrected chi connectivity index (χ1v) is 3.53. The van der Waals surface area contributed by atoms with Crippen LogP contribution >= 0.6 is 0 Å². The fourth-order valence-electron chi connectivity index (χ4n) is 0.540. The molecule has 0 saturated heterocycles. The van der Waals surface area contributed by atoms with Gasteiger partial charge in [-0.1, -0.05) is 32.2 Å². The third-order valence-corrected chi connectivity index (χ3v) is 0.985. The molecule has 0 amide bonds. The van der Waals surface area contributed by atoms with Crippen molar-refractivity contribution >= 4 is 12.3 Å². The zero-order valence-electron chi connectivity index (χ0n) is 6.99. The molecule has 1 heterocycles. The van der Waals surface area contributed by atoms with Gasteiger partial charge in [0.1, 0.15) is 0 Å². The molecule has 0 bridgehead atoms. The van der Waals surface area contributed by atoms with Crippen LogP contribution in [0.4, 0.5) is 0 Å². The van der Waals surface area contributed by atoms with E-state index in [9.17, 15) is 0 Å². The molecule has 0 aliphatic heterocycles. The molecule has 0 saturated carbocycles. The topological polar surface area (TPSA) is 30.7 Å². The van der Waals surface area contributed by atoms with Crippen molar-refractivity contribution in [3.8, 4) is 0 Å². The van der Waals surface area contributed by atoms with Gasteiger partial charge in [0.25, 0.3) is 0 Å². The maximum Gasteiger partial charge on any atom is 0.0858 e. The number of aromatic nitrogens is 3. The van der Waals surface area contributed by atoms with Crippen molar-refractivity contribution in [1.82, 2.24) is 15.0 Å². The van der Waals surface area contributed by atoms with Gasteiger partial charge in [-0.3, -0.25) is 0 Å². The average Bonchev–Trinajstić information content (AvgIpc) is 2.54. The molecule has 0 aliphatic rings. The summed E-state index contributed by atoms with van der Waals surface area (Å²) >= 11 is 0. The SMILES string of the molecule is C=Cc1cnnn1C=C.CC. The van der Waals surface area contributed by atoms with Gasteiger partial charge in [-0.05, 0) is 6.08 Å². The summed E-state index contributed by atoms with van der Waals surface area (Å²) < 4.78 is 1.55. The first-order valence-electron chi connectivity index (χ1n) is 3.53. The van der Waals surface area contributed by atoms with E-state index in [2.05, 4.69) is 23.5 Å². The largest absolute Gasteiger partial charge is 0.221 e. The van der Waals surface area contributed by atoms with E-state index >= 15 is 0 Å². The lowest BCUT2D eigenvalue weighted by Gasteiger charge is -1.88. The van der Waals surface area contributed by atoms with E-state index in [-0.39, 0.29) is 0 Å². The van der Waals surface area contributed by atoms with Gasteiger partial charge in [-0.15, -0.1) is 5.10 Å². The van der Waals surface area contributed by atoms with Crippen LogP contribution in [0.1, 0.15) is 19.5 Å². The Balaban J connectivity index is 0.000000461. The molecule has 3 nitrogen and oxygen atoms in total. The lowest BCUT2D eigenvalue weighted by atomic mass is 10.5. The third kappa shape index (κ3) is 2.37. The number of hydrogen-bond donors (Lipinski definition) is 0. The molecule has 0 fully saturated rings. The summed E-state index contributed by atoms with van der Waals surface area (Å²) in [4.78, 5) is 0. The Kier molecular flexibility index (Phi) is 4.73. The number of nitrogens with zero attached hydrogens (tertiary/aromatic N) is 3. The Hall–Kier alpha value is -1.38. The molecule has 1 aromatic rings. The summed E-state index contributed by atoms with van der Waals surface area (Å²) in [5.41, 5.74) is 0.852. The Bertz CT molecular complexity index is 202. The quantitative estimate of drug-likeness (QED) is 0.647. The van der Waals surface area contributed by atoms with E-state index in [0.717, 1.165) is 5.69 Å². The van der Waals surface area contributed by atoms with E-state index < -0.39 is 0 Å². The second-order valence-electron chi connectivity index (χ2n) is 1.49. The van der Waals surface area contributed by atoms with E-state index in [0.29, 0.717) is 0 Å². The van der Waals surface area contributed by atoms with Crippen LogP contribution in [0.15, 0.2) is 19.4 Å². The Morgan fingerprint density at radius 3 is 2.45 bits per heavy atom. The van der Waals surface area contributed by atoms with Crippen LogP contribution in [0.5, 0.6) is 0 Å².